The van der Waals surface area contributed by atoms with Crippen LogP contribution in [0, 0.1) is 0 Å². The molecule has 3 rings (SSSR count). The molecule has 2 aromatic rings. The van der Waals surface area contributed by atoms with Gasteiger partial charge in [0.1, 0.15) is 0 Å². The van der Waals surface area contributed by atoms with Gasteiger partial charge in [0.15, 0.2) is 5.82 Å². The predicted octanol–water partition coefficient (Wildman–Crippen LogP) is 2.94. The molecule has 17 heavy (non-hydrogen) atoms. The summed E-state index contributed by atoms with van der Waals surface area (Å²) in [6.45, 7) is 0.898. The Kier molecular flexibility index (Phi) is 2.88. The van der Waals surface area contributed by atoms with Gasteiger partial charge >= 0.3 is 0 Å². The first-order valence-corrected chi connectivity index (χ1v) is 7.12. The highest BCUT2D eigenvalue weighted by molar-refractivity contribution is 9.10. The first-order chi connectivity index (χ1) is 8.22. The molecule has 1 unspecified atom stereocenters. The highest BCUT2D eigenvalue weighted by Crippen LogP contribution is 2.37. The van der Waals surface area contributed by atoms with Crippen molar-refractivity contribution >= 4 is 33.5 Å². The number of nitrogen functional groups attached to an aromatic ring is 1. The third-order valence-corrected chi connectivity index (χ3v) is 4.76. The van der Waals surface area contributed by atoms with E-state index in [0.717, 1.165) is 17.4 Å². The second kappa shape index (κ2) is 4.38. The van der Waals surface area contributed by atoms with Crippen molar-refractivity contribution in [2.75, 3.05) is 5.73 Å². The second-order valence-corrected chi connectivity index (χ2v) is 6.33. The van der Waals surface area contributed by atoms with Gasteiger partial charge in [-0.15, -0.1) is 11.8 Å². The Hall–Kier alpha value is -0.940. The van der Waals surface area contributed by atoms with Crippen LogP contribution in [0.5, 0.6) is 0 Å². The number of nitrogens with zero attached hydrogens (tertiary/aromatic N) is 2. The lowest BCUT2D eigenvalue weighted by Gasteiger charge is -2.07. The minimum atomic E-state index is 0.554. The van der Waals surface area contributed by atoms with Crippen LogP contribution in [0.2, 0.25) is 0 Å². The Morgan fingerprint density at radius 3 is 3.00 bits per heavy atom. The highest BCUT2D eigenvalue weighted by atomic mass is 79.9. The van der Waals surface area contributed by atoms with Gasteiger partial charge in [0.25, 0.3) is 0 Å². The van der Waals surface area contributed by atoms with Crippen LogP contribution in [-0.2, 0) is 13.0 Å². The average molecular weight is 310 g/mol. The van der Waals surface area contributed by atoms with Gasteiger partial charge in [-0.3, -0.25) is 4.68 Å². The van der Waals surface area contributed by atoms with Crippen molar-refractivity contribution in [1.29, 1.82) is 0 Å². The third kappa shape index (κ3) is 2.21. The molecule has 0 bridgehead atoms. The van der Waals surface area contributed by atoms with E-state index < -0.39 is 0 Å². The topological polar surface area (TPSA) is 43.8 Å². The summed E-state index contributed by atoms with van der Waals surface area (Å²) in [4.78, 5) is 1.40. The van der Waals surface area contributed by atoms with Crippen molar-refractivity contribution in [3.8, 4) is 0 Å². The SMILES string of the molecule is Nc1nn(CC2Cc3ccccc3S2)cc1Br. The first-order valence-electron chi connectivity index (χ1n) is 5.45. The molecule has 0 saturated carbocycles. The normalized spacial score (nSPS) is 18.3. The van der Waals surface area contributed by atoms with E-state index in [0.29, 0.717) is 11.1 Å². The quantitative estimate of drug-likeness (QED) is 0.927. The van der Waals surface area contributed by atoms with Crippen molar-refractivity contribution in [1.82, 2.24) is 9.78 Å². The summed E-state index contributed by atoms with van der Waals surface area (Å²) in [6, 6.07) is 8.59. The fraction of sp³-hybridized carbons (Fsp3) is 0.250. The molecule has 88 valence electrons. The number of hydrogen-bond donors (Lipinski definition) is 1. The molecule has 3 nitrogen and oxygen atoms in total. The zero-order valence-electron chi connectivity index (χ0n) is 9.14. The van der Waals surface area contributed by atoms with Crippen LogP contribution in [0.25, 0.3) is 0 Å². The van der Waals surface area contributed by atoms with Gasteiger partial charge < -0.3 is 5.73 Å². The van der Waals surface area contributed by atoms with Crippen molar-refractivity contribution < 1.29 is 0 Å². The number of nitrogens with two attached hydrogens (primary N) is 1. The Labute approximate surface area is 113 Å². The van der Waals surface area contributed by atoms with E-state index in [1.54, 1.807) is 0 Å². The minimum Gasteiger partial charge on any atom is -0.381 e. The summed E-state index contributed by atoms with van der Waals surface area (Å²) < 4.78 is 2.79. The first kappa shape index (κ1) is 11.2. The lowest BCUT2D eigenvalue weighted by Crippen LogP contribution is -2.12. The standard InChI is InChI=1S/C12H12BrN3S/c13-10-7-16(15-12(10)14)6-9-5-8-3-1-2-4-11(8)17-9/h1-4,7,9H,5-6H2,(H2,14,15). The summed E-state index contributed by atoms with van der Waals surface area (Å²) in [7, 11) is 0. The van der Waals surface area contributed by atoms with Crippen LogP contribution in [-0.4, -0.2) is 15.0 Å². The molecule has 1 aromatic carbocycles. The van der Waals surface area contributed by atoms with Crippen molar-refractivity contribution in [3.63, 3.8) is 0 Å². The minimum absolute atomic E-state index is 0.554. The van der Waals surface area contributed by atoms with Gasteiger partial charge in [-0.1, -0.05) is 18.2 Å². The highest BCUT2D eigenvalue weighted by Gasteiger charge is 2.22. The number of rotatable bonds is 2. The Balaban J connectivity index is 1.73. The monoisotopic (exact) mass is 309 g/mol. The largest absolute Gasteiger partial charge is 0.381 e. The average Bonchev–Trinajstić information content (AvgIpc) is 2.83. The fourth-order valence-electron chi connectivity index (χ4n) is 2.07. The molecule has 0 spiro atoms. The predicted molar refractivity (Wildman–Crippen MR) is 74.1 cm³/mol. The molecule has 1 aliphatic rings. The van der Waals surface area contributed by atoms with Crippen LogP contribution >= 0.6 is 27.7 Å². The van der Waals surface area contributed by atoms with E-state index in [1.165, 1.54) is 10.5 Å². The van der Waals surface area contributed by atoms with Crippen LogP contribution in [0.4, 0.5) is 5.82 Å². The Morgan fingerprint density at radius 2 is 2.29 bits per heavy atom. The van der Waals surface area contributed by atoms with Crippen molar-refractivity contribution in [2.24, 2.45) is 0 Å². The van der Waals surface area contributed by atoms with Crippen LogP contribution in [0.3, 0.4) is 0 Å². The van der Waals surface area contributed by atoms with E-state index in [2.05, 4.69) is 45.3 Å². The van der Waals surface area contributed by atoms with E-state index in [4.69, 9.17) is 5.73 Å². The lowest BCUT2D eigenvalue weighted by atomic mass is 10.1. The van der Waals surface area contributed by atoms with Gasteiger partial charge in [0, 0.05) is 16.3 Å². The number of benzene rings is 1. The molecule has 5 heteroatoms. The van der Waals surface area contributed by atoms with E-state index in [-0.39, 0.29) is 0 Å². The molecule has 1 atom stereocenters. The number of halogens is 1. The fourth-order valence-corrected chi connectivity index (χ4v) is 3.69. The van der Waals surface area contributed by atoms with Crippen molar-refractivity contribution in [2.45, 2.75) is 23.1 Å². The Morgan fingerprint density at radius 1 is 1.47 bits per heavy atom. The molecule has 2 N–H and O–H groups in total. The molecule has 2 heterocycles. The molecule has 0 amide bonds. The van der Waals surface area contributed by atoms with Crippen LogP contribution in [0.1, 0.15) is 5.56 Å². The maximum Gasteiger partial charge on any atom is 0.159 e. The molecule has 1 aliphatic heterocycles. The summed E-state index contributed by atoms with van der Waals surface area (Å²) >= 11 is 5.31. The van der Waals surface area contributed by atoms with E-state index >= 15 is 0 Å². The van der Waals surface area contributed by atoms with Gasteiger partial charge in [-0.25, -0.2) is 0 Å². The zero-order chi connectivity index (χ0) is 11.8. The molecule has 0 fully saturated rings. The maximum atomic E-state index is 5.71. The molecular weight excluding hydrogens is 298 g/mol. The molecular formula is C12H12BrN3S. The number of fused-ring (bicyclic) bond motifs is 1. The molecule has 0 aliphatic carbocycles. The lowest BCUT2D eigenvalue weighted by molar-refractivity contribution is 0.597. The summed E-state index contributed by atoms with van der Waals surface area (Å²) in [5.74, 6) is 0.561. The van der Waals surface area contributed by atoms with Gasteiger partial charge in [-0.05, 0) is 34.0 Å². The third-order valence-electron chi connectivity index (χ3n) is 2.85. The van der Waals surface area contributed by atoms with E-state index in [1.807, 2.05) is 22.6 Å². The van der Waals surface area contributed by atoms with Crippen LogP contribution < -0.4 is 5.73 Å². The number of hydrogen-bond acceptors (Lipinski definition) is 3. The molecule has 1 aromatic heterocycles. The van der Waals surface area contributed by atoms with Gasteiger partial charge in [0.05, 0.1) is 11.0 Å². The number of aromatic nitrogens is 2. The van der Waals surface area contributed by atoms with E-state index in [9.17, 15) is 0 Å². The van der Waals surface area contributed by atoms with Gasteiger partial charge in [-0.2, -0.15) is 5.10 Å². The molecule has 0 saturated heterocycles. The number of thioether (sulfide) groups is 1. The molecule has 0 radical (unpaired) electrons. The smallest absolute Gasteiger partial charge is 0.159 e. The second-order valence-electron chi connectivity index (χ2n) is 4.14. The number of anilines is 1. The summed E-state index contributed by atoms with van der Waals surface area (Å²) in [5, 5.41) is 4.83. The summed E-state index contributed by atoms with van der Waals surface area (Å²) in [5.41, 5.74) is 7.16. The summed E-state index contributed by atoms with van der Waals surface area (Å²) in [6.07, 6.45) is 3.05. The van der Waals surface area contributed by atoms with Crippen LogP contribution in [0.15, 0.2) is 39.8 Å². The van der Waals surface area contributed by atoms with Crippen molar-refractivity contribution in [3.05, 3.63) is 40.5 Å². The zero-order valence-corrected chi connectivity index (χ0v) is 11.5. The maximum absolute atomic E-state index is 5.71. The Bertz CT molecular complexity index is 508. The van der Waals surface area contributed by atoms with Gasteiger partial charge in [0.2, 0.25) is 0 Å².